The van der Waals surface area contributed by atoms with Gasteiger partial charge in [0.25, 0.3) is 0 Å². The van der Waals surface area contributed by atoms with Gasteiger partial charge in [-0.15, -0.1) is 5.10 Å². The molecule has 0 spiro atoms. The molecule has 150 valence electrons. The van der Waals surface area contributed by atoms with Crippen LogP contribution < -0.4 is 15.2 Å². The molecule has 3 aromatic carbocycles. The summed E-state index contributed by atoms with van der Waals surface area (Å²) in [5.41, 5.74) is 10.4. The quantitative estimate of drug-likeness (QED) is 0.538. The van der Waals surface area contributed by atoms with Crippen molar-refractivity contribution in [1.82, 2.24) is 10.2 Å². The number of nitrogens with two attached hydrogens (primary N) is 1. The van der Waals surface area contributed by atoms with Crippen molar-refractivity contribution in [2.75, 3.05) is 14.2 Å². The molecule has 30 heavy (non-hydrogen) atoms. The molecule has 0 saturated heterocycles. The molecule has 0 saturated carbocycles. The summed E-state index contributed by atoms with van der Waals surface area (Å²) in [5.74, 6) is 0.788. The van der Waals surface area contributed by atoms with Gasteiger partial charge in [0.1, 0.15) is 5.69 Å². The van der Waals surface area contributed by atoms with E-state index in [1.807, 2.05) is 55.5 Å². The molecule has 0 radical (unpaired) electrons. The van der Waals surface area contributed by atoms with E-state index < -0.39 is 5.91 Å². The van der Waals surface area contributed by atoms with Gasteiger partial charge in [0.2, 0.25) is 5.91 Å². The van der Waals surface area contributed by atoms with Crippen LogP contribution in [0.5, 0.6) is 11.5 Å². The first-order valence-electron chi connectivity index (χ1n) is 9.41. The number of aromatic nitrogens is 2. The van der Waals surface area contributed by atoms with Crippen LogP contribution in [0.1, 0.15) is 15.9 Å². The maximum Gasteiger partial charge on any atom is 0.248 e. The van der Waals surface area contributed by atoms with Gasteiger partial charge in [-0.3, -0.25) is 4.79 Å². The second-order valence-corrected chi connectivity index (χ2v) is 6.93. The first-order chi connectivity index (χ1) is 14.5. The smallest absolute Gasteiger partial charge is 0.248 e. The fourth-order valence-electron chi connectivity index (χ4n) is 3.61. The molecule has 0 unspecified atom stereocenters. The average molecular weight is 399 g/mol. The zero-order valence-electron chi connectivity index (χ0n) is 17.0. The fourth-order valence-corrected chi connectivity index (χ4v) is 3.61. The maximum absolute atomic E-state index is 11.6. The highest BCUT2D eigenvalue weighted by Crippen LogP contribution is 2.40. The molecular formula is C24H21N3O3. The lowest BCUT2D eigenvalue weighted by atomic mass is 9.95. The number of amides is 1. The van der Waals surface area contributed by atoms with E-state index in [2.05, 4.69) is 10.2 Å². The third kappa shape index (κ3) is 3.33. The monoisotopic (exact) mass is 399 g/mol. The van der Waals surface area contributed by atoms with Gasteiger partial charge >= 0.3 is 0 Å². The molecule has 0 aliphatic rings. The Morgan fingerprint density at radius 2 is 1.80 bits per heavy atom. The first kappa shape index (κ1) is 19.4. The van der Waals surface area contributed by atoms with Gasteiger partial charge in [0.15, 0.2) is 11.5 Å². The molecule has 4 rings (SSSR count). The number of hydrogen-bond acceptors (Lipinski definition) is 5. The van der Waals surface area contributed by atoms with Crippen molar-refractivity contribution in [2.24, 2.45) is 5.73 Å². The van der Waals surface area contributed by atoms with Gasteiger partial charge < -0.3 is 15.2 Å². The third-order valence-corrected chi connectivity index (χ3v) is 5.15. The van der Waals surface area contributed by atoms with Crippen molar-refractivity contribution >= 4 is 16.7 Å². The van der Waals surface area contributed by atoms with Crippen LogP contribution in [-0.4, -0.2) is 30.3 Å². The minimum absolute atomic E-state index is 0.449. The van der Waals surface area contributed by atoms with E-state index in [0.717, 1.165) is 33.0 Å². The summed E-state index contributed by atoms with van der Waals surface area (Å²) in [7, 11) is 3.21. The highest BCUT2D eigenvalue weighted by molar-refractivity contribution is 5.99. The largest absolute Gasteiger partial charge is 0.493 e. The molecule has 1 heterocycles. The van der Waals surface area contributed by atoms with Gasteiger partial charge in [-0.05, 0) is 53.9 Å². The van der Waals surface area contributed by atoms with Crippen molar-refractivity contribution in [3.05, 3.63) is 71.9 Å². The second kappa shape index (κ2) is 7.83. The Hall–Kier alpha value is -3.93. The summed E-state index contributed by atoms with van der Waals surface area (Å²) in [5, 5.41) is 10.4. The van der Waals surface area contributed by atoms with Crippen LogP contribution in [0, 0.1) is 6.92 Å². The van der Waals surface area contributed by atoms with Crippen molar-refractivity contribution in [2.45, 2.75) is 6.92 Å². The van der Waals surface area contributed by atoms with E-state index in [1.165, 1.54) is 0 Å². The first-order valence-corrected chi connectivity index (χ1v) is 9.41. The van der Waals surface area contributed by atoms with Gasteiger partial charge in [-0.25, -0.2) is 0 Å². The summed E-state index contributed by atoms with van der Waals surface area (Å²) in [6.45, 7) is 2.00. The van der Waals surface area contributed by atoms with Crippen LogP contribution in [0.2, 0.25) is 0 Å². The van der Waals surface area contributed by atoms with E-state index in [1.54, 1.807) is 26.5 Å². The predicted molar refractivity (Wildman–Crippen MR) is 117 cm³/mol. The lowest BCUT2D eigenvalue weighted by Crippen LogP contribution is -2.10. The number of carbonyl (C=O) groups excluding carboxylic acids is 1. The highest BCUT2D eigenvalue weighted by atomic mass is 16.5. The number of ether oxygens (including phenoxy) is 2. The van der Waals surface area contributed by atoms with Crippen molar-refractivity contribution in [3.63, 3.8) is 0 Å². The lowest BCUT2D eigenvalue weighted by Gasteiger charge is -2.14. The number of methoxy groups -OCH3 is 2. The number of nitrogens with zero attached hydrogens (tertiary/aromatic N) is 2. The van der Waals surface area contributed by atoms with Crippen LogP contribution >= 0.6 is 0 Å². The Labute approximate surface area is 174 Å². The number of fused-ring (bicyclic) bond motifs is 1. The fraction of sp³-hybridized carbons (Fsp3) is 0.125. The Kier molecular flexibility index (Phi) is 5.06. The van der Waals surface area contributed by atoms with E-state index in [-0.39, 0.29) is 0 Å². The van der Waals surface area contributed by atoms with Crippen molar-refractivity contribution < 1.29 is 14.3 Å². The van der Waals surface area contributed by atoms with E-state index in [9.17, 15) is 4.79 Å². The van der Waals surface area contributed by atoms with E-state index in [4.69, 9.17) is 15.2 Å². The molecule has 0 bridgehead atoms. The average Bonchev–Trinajstić information content (AvgIpc) is 2.77. The molecule has 0 aliphatic carbocycles. The topological polar surface area (TPSA) is 87.3 Å². The van der Waals surface area contributed by atoms with Gasteiger partial charge in [0, 0.05) is 21.9 Å². The van der Waals surface area contributed by atoms with Crippen LogP contribution in [0.3, 0.4) is 0 Å². The number of carbonyl (C=O) groups is 1. The lowest BCUT2D eigenvalue weighted by molar-refractivity contribution is 0.100. The number of hydrogen-bond donors (Lipinski definition) is 1. The Bertz CT molecular complexity index is 1270. The van der Waals surface area contributed by atoms with Crippen molar-refractivity contribution in [1.29, 1.82) is 0 Å². The number of aryl methyl sites for hydroxylation is 1. The minimum Gasteiger partial charge on any atom is -0.493 e. The van der Waals surface area contributed by atoms with Gasteiger partial charge in [-0.2, -0.15) is 5.10 Å². The number of primary amides is 1. The molecule has 1 aromatic heterocycles. The molecule has 0 atom stereocenters. The summed E-state index contributed by atoms with van der Waals surface area (Å²) in [6, 6.07) is 17.2. The normalized spacial score (nSPS) is 10.8. The Morgan fingerprint density at radius 3 is 2.53 bits per heavy atom. The molecule has 0 fully saturated rings. The molecule has 2 N–H and O–H groups in total. The summed E-state index contributed by atoms with van der Waals surface area (Å²) < 4.78 is 11.0. The van der Waals surface area contributed by atoms with Crippen LogP contribution in [-0.2, 0) is 0 Å². The molecule has 0 aliphatic heterocycles. The Balaban J connectivity index is 1.89. The molecule has 4 aromatic rings. The zero-order chi connectivity index (χ0) is 21.3. The highest BCUT2D eigenvalue weighted by Gasteiger charge is 2.16. The zero-order valence-corrected chi connectivity index (χ0v) is 17.0. The van der Waals surface area contributed by atoms with E-state index >= 15 is 0 Å². The summed E-state index contributed by atoms with van der Waals surface area (Å²) >= 11 is 0. The van der Waals surface area contributed by atoms with Crippen LogP contribution in [0.15, 0.2) is 60.8 Å². The summed E-state index contributed by atoms with van der Waals surface area (Å²) in [4.78, 5) is 11.6. The number of para-hydroxylation sites is 1. The molecular weight excluding hydrogens is 378 g/mol. The van der Waals surface area contributed by atoms with Crippen molar-refractivity contribution in [3.8, 4) is 33.9 Å². The maximum atomic E-state index is 11.6. The summed E-state index contributed by atoms with van der Waals surface area (Å²) in [6.07, 6.45) is 1.72. The molecule has 6 heteroatoms. The minimum atomic E-state index is -0.449. The van der Waals surface area contributed by atoms with Crippen LogP contribution in [0.25, 0.3) is 33.2 Å². The Morgan fingerprint density at radius 1 is 0.967 bits per heavy atom. The SMILES string of the molecule is COc1cccc(-c2nncc3cc(-c4cc(C(N)=O)ccc4C)ccc23)c1OC. The standard InChI is InChI=1S/C24H21N3O3/c1-14-7-8-16(24(25)28)12-20(14)15-9-10-18-17(11-15)13-26-27-22(18)19-5-4-6-21(29-2)23(19)30-3/h4-13H,1-3H3,(H2,25,28). The van der Waals surface area contributed by atoms with Crippen LogP contribution in [0.4, 0.5) is 0 Å². The van der Waals surface area contributed by atoms with E-state index in [0.29, 0.717) is 22.8 Å². The predicted octanol–water partition coefficient (Wildman–Crippen LogP) is 4.39. The molecule has 1 amide bonds. The van der Waals surface area contributed by atoms with Gasteiger partial charge in [0.05, 0.1) is 20.4 Å². The number of rotatable bonds is 5. The second-order valence-electron chi connectivity index (χ2n) is 6.93. The van der Waals surface area contributed by atoms with Gasteiger partial charge in [-0.1, -0.05) is 24.3 Å². The third-order valence-electron chi connectivity index (χ3n) is 5.15. The molecule has 6 nitrogen and oxygen atoms in total. The number of benzene rings is 3.